The first kappa shape index (κ1) is 12.5. The van der Waals surface area contributed by atoms with Gasteiger partial charge in [0.1, 0.15) is 5.82 Å². The summed E-state index contributed by atoms with van der Waals surface area (Å²) in [5.41, 5.74) is 0.0406. The van der Waals surface area contributed by atoms with Gasteiger partial charge in [-0.25, -0.2) is 4.39 Å². The van der Waals surface area contributed by atoms with Gasteiger partial charge in [0.2, 0.25) is 0 Å². The van der Waals surface area contributed by atoms with Crippen LogP contribution in [0.15, 0.2) is 6.07 Å². The molecule has 94 valence electrons. The van der Waals surface area contributed by atoms with Crippen molar-refractivity contribution in [2.75, 3.05) is 13.7 Å². The van der Waals surface area contributed by atoms with Gasteiger partial charge in [-0.3, -0.25) is 0 Å². The minimum Gasteiger partial charge on any atom is -0.504 e. The molecule has 17 heavy (non-hydrogen) atoms. The highest BCUT2D eigenvalue weighted by Crippen LogP contribution is 2.45. The van der Waals surface area contributed by atoms with Gasteiger partial charge in [0, 0.05) is 17.2 Å². The fraction of sp³-hybridized carbons (Fsp3) is 0.500. The number of nitrogens with one attached hydrogen (secondary N) is 1. The van der Waals surface area contributed by atoms with Gasteiger partial charge in [-0.15, -0.1) is 0 Å². The van der Waals surface area contributed by atoms with E-state index < -0.39 is 11.4 Å². The second kappa shape index (κ2) is 4.35. The molecule has 1 unspecified atom stereocenters. The quantitative estimate of drug-likeness (QED) is 0.858. The van der Waals surface area contributed by atoms with Crippen molar-refractivity contribution < 1.29 is 14.2 Å². The maximum Gasteiger partial charge on any atom is 0.167 e. The molecule has 0 saturated carbocycles. The van der Waals surface area contributed by atoms with E-state index in [-0.39, 0.29) is 16.5 Å². The highest BCUT2D eigenvalue weighted by molar-refractivity contribution is 6.32. The van der Waals surface area contributed by atoms with Crippen LogP contribution in [-0.4, -0.2) is 18.8 Å². The maximum atomic E-state index is 13.6. The molecule has 1 heterocycles. The molecular weight excluding hydrogens is 245 g/mol. The second-order valence-electron chi connectivity index (χ2n) is 4.46. The molecule has 3 nitrogen and oxygen atoms in total. The molecule has 1 aliphatic rings. The summed E-state index contributed by atoms with van der Waals surface area (Å²) in [6, 6.07) is 0.975. The van der Waals surface area contributed by atoms with Gasteiger partial charge in [0.25, 0.3) is 0 Å². The van der Waals surface area contributed by atoms with Gasteiger partial charge >= 0.3 is 0 Å². The van der Waals surface area contributed by atoms with Gasteiger partial charge < -0.3 is 15.2 Å². The molecular formula is C12H15ClFNO2. The Labute approximate surface area is 105 Å². The molecule has 0 bridgehead atoms. The monoisotopic (exact) mass is 259 g/mol. The van der Waals surface area contributed by atoms with E-state index in [1.54, 1.807) is 0 Å². The SMILES string of the molecule is COc1c(O)cc(F)c(Cl)c1C1(C)CCCN1. The first-order chi connectivity index (χ1) is 7.99. The Bertz CT molecular complexity index is 445. The van der Waals surface area contributed by atoms with Crippen LogP contribution in [0.4, 0.5) is 4.39 Å². The topological polar surface area (TPSA) is 41.5 Å². The van der Waals surface area contributed by atoms with E-state index in [1.807, 2.05) is 6.92 Å². The van der Waals surface area contributed by atoms with Crippen LogP contribution in [0.3, 0.4) is 0 Å². The zero-order valence-corrected chi connectivity index (χ0v) is 10.6. The molecule has 0 spiro atoms. The lowest BCUT2D eigenvalue weighted by atomic mass is 9.89. The highest BCUT2D eigenvalue weighted by Gasteiger charge is 2.37. The fourth-order valence-corrected chi connectivity index (χ4v) is 2.75. The molecule has 1 aliphatic heterocycles. The lowest BCUT2D eigenvalue weighted by Gasteiger charge is -2.28. The minimum atomic E-state index is -0.630. The van der Waals surface area contributed by atoms with Crippen molar-refractivity contribution in [1.82, 2.24) is 5.32 Å². The van der Waals surface area contributed by atoms with E-state index in [2.05, 4.69) is 5.32 Å². The van der Waals surface area contributed by atoms with Gasteiger partial charge in [-0.05, 0) is 26.3 Å². The van der Waals surface area contributed by atoms with Crippen molar-refractivity contribution in [2.45, 2.75) is 25.3 Å². The van der Waals surface area contributed by atoms with Crippen LogP contribution in [0.5, 0.6) is 11.5 Å². The van der Waals surface area contributed by atoms with Crippen LogP contribution in [0, 0.1) is 5.82 Å². The lowest BCUT2D eigenvalue weighted by Crippen LogP contribution is -2.34. The van der Waals surface area contributed by atoms with E-state index >= 15 is 0 Å². The van der Waals surface area contributed by atoms with Gasteiger partial charge in [-0.2, -0.15) is 0 Å². The summed E-state index contributed by atoms with van der Waals surface area (Å²) < 4.78 is 18.8. The zero-order valence-electron chi connectivity index (χ0n) is 9.81. The number of ether oxygens (including phenoxy) is 1. The molecule has 0 aliphatic carbocycles. The van der Waals surface area contributed by atoms with Crippen molar-refractivity contribution in [3.8, 4) is 11.5 Å². The first-order valence-corrected chi connectivity index (χ1v) is 5.88. The fourth-order valence-electron chi connectivity index (χ4n) is 2.40. The second-order valence-corrected chi connectivity index (χ2v) is 4.84. The summed E-state index contributed by atoms with van der Waals surface area (Å²) in [6.07, 6.45) is 1.80. The number of halogens is 2. The molecule has 0 aromatic heterocycles. The van der Waals surface area contributed by atoms with Crippen molar-refractivity contribution in [3.05, 3.63) is 22.5 Å². The molecule has 1 fully saturated rings. The van der Waals surface area contributed by atoms with Crippen molar-refractivity contribution in [1.29, 1.82) is 0 Å². The van der Waals surface area contributed by atoms with Gasteiger partial charge in [0.15, 0.2) is 11.5 Å². The normalized spacial score (nSPS) is 24.0. The molecule has 1 aromatic carbocycles. The number of phenolic OH excluding ortho intramolecular Hbond substituents is 1. The lowest BCUT2D eigenvalue weighted by molar-refractivity contribution is 0.341. The van der Waals surface area contributed by atoms with Crippen molar-refractivity contribution >= 4 is 11.6 Å². The summed E-state index contributed by atoms with van der Waals surface area (Å²) in [4.78, 5) is 0. The van der Waals surface area contributed by atoms with Gasteiger partial charge in [0.05, 0.1) is 12.1 Å². The number of benzene rings is 1. The Balaban J connectivity index is 2.65. The maximum absolute atomic E-state index is 13.6. The summed E-state index contributed by atoms with van der Waals surface area (Å²) in [5, 5.41) is 13.0. The average molecular weight is 260 g/mol. The van der Waals surface area contributed by atoms with E-state index in [0.29, 0.717) is 5.56 Å². The Kier molecular flexibility index (Phi) is 3.19. The summed E-state index contributed by atoms with van der Waals surface area (Å²) >= 11 is 6.01. The summed E-state index contributed by atoms with van der Waals surface area (Å²) in [5.74, 6) is -0.609. The van der Waals surface area contributed by atoms with E-state index in [0.717, 1.165) is 25.5 Å². The van der Waals surface area contributed by atoms with E-state index in [9.17, 15) is 9.50 Å². The predicted octanol–water partition coefficient (Wildman–Crippen LogP) is 2.79. The summed E-state index contributed by atoms with van der Waals surface area (Å²) in [6.45, 7) is 2.77. The molecule has 1 atom stereocenters. The van der Waals surface area contributed by atoms with Crippen LogP contribution < -0.4 is 10.1 Å². The molecule has 1 aromatic rings. The smallest absolute Gasteiger partial charge is 0.167 e. The number of hydrogen-bond acceptors (Lipinski definition) is 3. The Morgan fingerprint density at radius 3 is 2.82 bits per heavy atom. The van der Waals surface area contributed by atoms with E-state index in [1.165, 1.54) is 7.11 Å². The average Bonchev–Trinajstić information content (AvgIpc) is 2.71. The summed E-state index contributed by atoms with van der Waals surface area (Å²) in [7, 11) is 1.44. The van der Waals surface area contributed by atoms with Gasteiger partial charge in [-0.1, -0.05) is 11.6 Å². The third-order valence-corrected chi connectivity index (χ3v) is 3.65. The molecule has 2 rings (SSSR count). The number of hydrogen-bond donors (Lipinski definition) is 2. The molecule has 5 heteroatoms. The number of methoxy groups -OCH3 is 1. The minimum absolute atomic E-state index is 0.0107. The zero-order chi connectivity index (χ0) is 12.6. The van der Waals surface area contributed by atoms with Crippen LogP contribution in [0.2, 0.25) is 5.02 Å². The molecule has 1 saturated heterocycles. The Hall–Kier alpha value is -1.00. The van der Waals surface area contributed by atoms with Crippen LogP contribution in [0.25, 0.3) is 0 Å². The third-order valence-electron chi connectivity index (χ3n) is 3.28. The van der Waals surface area contributed by atoms with Crippen LogP contribution >= 0.6 is 11.6 Å². The third kappa shape index (κ3) is 1.96. The molecule has 0 amide bonds. The van der Waals surface area contributed by atoms with Crippen LogP contribution in [0.1, 0.15) is 25.3 Å². The first-order valence-electron chi connectivity index (χ1n) is 5.50. The molecule has 2 N–H and O–H groups in total. The number of aromatic hydroxyl groups is 1. The predicted molar refractivity (Wildman–Crippen MR) is 64.2 cm³/mol. The van der Waals surface area contributed by atoms with Crippen molar-refractivity contribution in [3.63, 3.8) is 0 Å². The Morgan fingerprint density at radius 2 is 2.29 bits per heavy atom. The Morgan fingerprint density at radius 1 is 1.59 bits per heavy atom. The van der Waals surface area contributed by atoms with Crippen molar-refractivity contribution in [2.24, 2.45) is 0 Å². The highest BCUT2D eigenvalue weighted by atomic mass is 35.5. The largest absolute Gasteiger partial charge is 0.504 e. The van der Waals surface area contributed by atoms with E-state index in [4.69, 9.17) is 16.3 Å². The molecule has 0 radical (unpaired) electrons. The number of phenols is 1. The number of rotatable bonds is 2. The standard InChI is InChI=1S/C12H15ClFNO2/c1-12(4-3-5-15-12)9-10(13)7(14)6-8(16)11(9)17-2/h6,15-16H,3-5H2,1-2H3. The van der Waals surface area contributed by atoms with Crippen LogP contribution in [-0.2, 0) is 5.54 Å².